The summed E-state index contributed by atoms with van der Waals surface area (Å²) in [6, 6.07) is 16.5. The second-order valence-corrected chi connectivity index (χ2v) is 7.02. The molecule has 1 aliphatic carbocycles. The molecular formula is C22H22N4O. The molecule has 0 bridgehead atoms. The van der Waals surface area contributed by atoms with Crippen molar-refractivity contribution in [2.45, 2.75) is 25.9 Å². The van der Waals surface area contributed by atoms with Crippen LogP contribution >= 0.6 is 0 Å². The lowest BCUT2D eigenvalue weighted by Crippen LogP contribution is -2.07. The number of fused-ring (bicyclic) bond motifs is 1. The van der Waals surface area contributed by atoms with Crippen molar-refractivity contribution in [3.63, 3.8) is 0 Å². The van der Waals surface area contributed by atoms with Crippen LogP contribution in [0.2, 0.25) is 0 Å². The highest BCUT2D eigenvalue weighted by Crippen LogP contribution is 2.33. The highest BCUT2D eigenvalue weighted by atomic mass is 16.5. The van der Waals surface area contributed by atoms with Gasteiger partial charge in [0.1, 0.15) is 6.07 Å². The fraction of sp³-hybridized carbons (Fsp3) is 0.318. The molecule has 0 unspecified atom stereocenters. The minimum atomic E-state index is 0.353. The van der Waals surface area contributed by atoms with E-state index in [1.807, 2.05) is 24.3 Å². The van der Waals surface area contributed by atoms with E-state index in [4.69, 9.17) is 4.74 Å². The van der Waals surface area contributed by atoms with E-state index >= 15 is 0 Å². The zero-order chi connectivity index (χ0) is 18.6. The SMILES string of the molecule is COCc1ccccc1-c1ccc2c(NCCC3CC3)c(C#N)nnc2c1. The first-order valence-electron chi connectivity index (χ1n) is 9.31. The first-order chi connectivity index (χ1) is 13.3. The van der Waals surface area contributed by atoms with Crippen LogP contribution in [0.25, 0.3) is 22.0 Å². The summed E-state index contributed by atoms with van der Waals surface area (Å²) < 4.78 is 5.32. The van der Waals surface area contributed by atoms with Crippen LogP contribution in [0.3, 0.4) is 0 Å². The van der Waals surface area contributed by atoms with Gasteiger partial charge in [-0.2, -0.15) is 5.26 Å². The van der Waals surface area contributed by atoms with E-state index in [9.17, 15) is 5.26 Å². The van der Waals surface area contributed by atoms with Gasteiger partial charge in [0.15, 0.2) is 5.69 Å². The fourth-order valence-electron chi connectivity index (χ4n) is 3.42. The van der Waals surface area contributed by atoms with E-state index in [2.05, 4.69) is 39.8 Å². The minimum absolute atomic E-state index is 0.353. The monoisotopic (exact) mass is 358 g/mol. The standard InChI is InChI=1S/C22H22N4O/c1-27-14-17-4-2-3-5-18(17)16-8-9-19-20(12-16)25-26-21(13-23)22(19)24-11-10-15-6-7-15/h2-5,8-9,12,15H,6-7,10-11,14H2,1H3,(H,24,25). The third kappa shape index (κ3) is 3.76. The quantitative estimate of drug-likeness (QED) is 0.672. The molecule has 3 aromatic rings. The van der Waals surface area contributed by atoms with Crippen molar-refractivity contribution >= 4 is 16.6 Å². The summed E-state index contributed by atoms with van der Waals surface area (Å²) in [5.41, 5.74) is 5.25. The van der Waals surface area contributed by atoms with Gasteiger partial charge < -0.3 is 10.1 Å². The van der Waals surface area contributed by atoms with Crippen LogP contribution in [-0.2, 0) is 11.3 Å². The average Bonchev–Trinajstić information content (AvgIpc) is 3.53. The molecule has 0 aliphatic heterocycles. The Kier molecular flexibility index (Phi) is 4.99. The maximum absolute atomic E-state index is 9.42. The predicted molar refractivity (Wildman–Crippen MR) is 106 cm³/mol. The number of hydrogen-bond donors (Lipinski definition) is 1. The molecule has 1 aromatic heterocycles. The third-order valence-corrected chi connectivity index (χ3v) is 5.05. The van der Waals surface area contributed by atoms with Crippen LogP contribution in [0.5, 0.6) is 0 Å². The number of nitrogens with one attached hydrogen (secondary N) is 1. The molecule has 0 atom stereocenters. The van der Waals surface area contributed by atoms with Crippen molar-refractivity contribution in [2.75, 3.05) is 19.0 Å². The van der Waals surface area contributed by atoms with Gasteiger partial charge in [0.25, 0.3) is 0 Å². The number of methoxy groups -OCH3 is 1. The molecule has 0 radical (unpaired) electrons. The summed E-state index contributed by atoms with van der Waals surface area (Å²) in [5, 5.41) is 22.2. The molecule has 0 spiro atoms. The Morgan fingerprint density at radius 1 is 1.19 bits per heavy atom. The number of benzene rings is 2. The number of nitriles is 1. The molecule has 0 amide bonds. The first-order valence-corrected chi connectivity index (χ1v) is 9.31. The average molecular weight is 358 g/mol. The van der Waals surface area contributed by atoms with Gasteiger partial charge in [-0.15, -0.1) is 10.2 Å². The number of anilines is 1. The molecule has 4 rings (SSSR count). The smallest absolute Gasteiger partial charge is 0.186 e. The summed E-state index contributed by atoms with van der Waals surface area (Å²) in [5.74, 6) is 0.841. The molecule has 5 nitrogen and oxygen atoms in total. The molecular weight excluding hydrogens is 336 g/mol. The Morgan fingerprint density at radius 2 is 2.04 bits per heavy atom. The van der Waals surface area contributed by atoms with E-state index in [0.29, 0.717) is 12.3 Å². The molecule has 1 aliphatic rings. The Balaban J connectivity index is 1.71. The molecule has 136 valence electrons. The van der Waals surface area contributed by atoms with Crippen LogP contribution in [0, 0.1) is 17.2 Å². The number of nitrogens with zero attached hydrogens (tertiary/aromatic N) is 3. The first kappa shape index (κ1) is 17.4. The fourth-order valence-corrected chi connectivity index (χ4v) is 3.42. The molecule has 1 heterocycles. The Labute approximate surface area is 159 Å². The van der Waals surface area contributed by atoms with Gasteiger partial charge in [-0.1, -0.05) is 43.2 Å². The van der Waals surface area contributed by atoms with Crippen LogP contribution in [0.4, 0.5) is 5.69 Å². The maximum Gasteiger partial charge on any atom is 0.186 e. The van der Waals surface area contributed by atoms with E-state index in [0.717, 1.165) is 52.2 Å². The molecule has 27 heavy (non-hydrogen) atoms. The highest BCUT2D eigenvalue weighted by Gasteiger charge is 2.21. The van der Waals surface area contributed by atoms with Crippen LogP contribution in [-0.4, -0.2) is 23.9 Å². The van der Waals surface area contributed by atoms with Gasteiger partial charge in [-0.3, -0.25) is 0 Å². The van der Waals surface area contributed by atoms with Crippen molar-refractivity contribution in [3.8, 4) is 17.2 Å². The maximum atomic E-state index is 9.42. The summed E-state index contributed by atoms with van der Waals surface area (Å²) in [7, 11) is 1.70. The molecule has 1 saturated carbocycles. The summed E-state index contributed by atoms with van der Waals surface area (Å²) >= 11 is 0. The molecule has 1 fully saturated rings. The van der Waals surface area contributed by atoms with Gasteiger partial charge in [-0.25, -0.2) is 0 Å². The molecule has 2 aromatic carbocycles. The van der Waals surface area contributed by atoms with Crippen molar-refractivity contribution in [3.05, 3.63) is 53.7 Å². The molecule has 0 saturated heterocycles. The second kappa shape index (κ2) is 7.73. The summed E-state index contributed by atoms with van der Waals surface area (Å²) in [6.07, 6.45) is 3.79. The van der Waals surface area contributed by atoms with Crippen LogP contribution in [0.15, 0.2) is 42.5 Å². The summed E-state index contributed by atoms with van der Waals surface area (Å²) in [6.45, 7) is 1.42. The van der Waals surface area contributed by atoms with Crippen molar-refractivity contribution in [1.82, 2.24) is 10.2 Å². The van der Waals surface area contributed by atoms with Crippen molar-refractivity contribution in [2.24, 2.45) is 5.92 Å². The predicted octanol–water partition coefficient (Wildman–Crippen LogP) is 4.53. The molecule has 1 N–H and O–H groups in total. The van der Waals surface area contributed by atoms with E-state index < -0.39 is 0 Å². The van der Waals surface area contributed by atoms with Gasteiger partial charge in [0, 0.05) is 19.0 Å². The largest absolute Gasteiger partial charge is 0.382 e. The van der Waals surface area contributed by atoms with E-state index in [1.165, 1.54) is 12.8 Å². The second-order valence-electron chi connectivity index (χ2n) is 7.02. The van der Waals surface area contributed by atoms with Gasteiger partial charge in [0.2, 0.25) is 0 Å². The molecule has 5 heteroatoms. The van der Waals surface area contributed by atoms with E-state index in [-0.39, 0.29) is 0 Å². The number of ether oxygens (including phenoxy) is 1. The lowest BCUT2D eigenvalue weighted by atomic mass is 9.98. The lowest BCUT2D eigenvalue weighted by Gasteiger charge is -2.13. The van der Waals surface area contributed by atoms with Gasteiger partial charge >= 0.3 is 0 Å². The van der Waals surface area contributed by atoms with Crippen LogP contribution in [0.1, 0.15) is 30.5 Å². The van der Waals surface area contributed by atoms with Crippen molar-refractivity contribution < 1.29 is 4.74 Å². The van der Waals surface area contributed by atoms with Crippen LogP contribution < -0.4 is 5.32 Å². The number of rotatable bonds is 7. The Hall–Kier alpha value is -2.97. The lowest BCUT2D eigenvalue weighted by molar-refractivity contribution is 0.185. The van der Waals surface area contributed by atoms with Gasteiger partial charge in [0.05, 0.1) is 17.8 Å². The topological polar surface area (TPSA) is 70.8 Å². The Morgan fingerprint density at radius 3 is 2.81 bits per heavy atom. The number of hydrogen-bond acceptors (Lipinski definition) is 5. The minimum Gasteiger partial charge on any atom is -0.382 e. The van der Waals surface area contributed by atoms with Gasteiger partial charge in [-0.05, 0) is 41.2 Å². The zero-order valence-corrected chi connectivity index (χ0v) is 15.4. The van der Waals surface area contributed by atoms with E-state index in [1.54, 1.807) is 7.11 Å². The summed E-state index contributed by atoms with van der Waals surface area (Å²) in [4.78, 5) is 0. The highest BCUT2D eigenvalue weighted by molar-refractivity contribution is 5.95. The van der Waals surface area contributed by atoms with Crippen molar-refractivity contribution in [1.29, 1.82) is 5.26 Å². The normalized spacial score (nSPS) is 13.5. The number of aromatic nitrogens is 2. The Bertz CT molecular complexity index is 1000. The zero-order valence-electron chi connectivity index (χ0n) is 15.4. The third-order valence-electron chi connectivity index (χ3n) is 5.05.